The van der Waals surface area contributed by atoms with Crippen molar-refractivity contribution in [1.29, 1.82) is 0 Å². The first kappa shape index (κ1) is 14.5. The Morgan fingerprint density at radius 1 is 1.33 bits per heavy atom. The SMILES string of the molecule is Nc1nc(C(F)(F)F)nn1-c1cc(S)c(C2CC2)cc1Cl. The summed E-state index contributed by atoms with van der Waals surface area (Å²) in [6.07, 6.45) is -2.54. The number of thiol groups is 1. The van der Waals surface area contributed by atoms with Crippen LogP contribution in [-0.2, 0) is 6.18 Å². The van der Waals surface area contributed by atoms with E-state index in [9.17, 15) is 13.2 Å². The molecule has 0 atom stereocenters. The van der Waals surface area contributed by atoms with E-state index in [-0.39, 0.29) is 16.7 Å². The molecule has 1 aromatic carbocycles. The summed E-state index contributed by atoms with van der Waals surface area (Å²) in [5.74, 6) is -1.26. The molecular weight excluding hydrogens is 325 g/mol. The molecule has 112 valence electrons. The van der Waals surface area contributed by atoms with Crippen LogP contribution in [0.25, 0.3) is 5.69 Å². The number of rotatable bonds is 2. The smallest absolute Gasteiger partial charge is 0.368 e. The normalized spacial score (nSPS) is 15.5. The lowest BCUT2D eigenvalue weighted by molar-refractivity contribution is -0.144. The van der Waals surface area contributed by atoms with E-state index in [2.05, 4.69) is 22.7 Å². The summed E-state index contributed by atoms with van der Waals surface area (Å²) in [5.41, 5.74) is 6.72. The molecule has 0 bridgehead atoms. The van der Waals surface area contributed by atoms with Crippen molar-refractivity contribution >= 4 is 30.2 Å². The van der Waals surface area contributed by atoms with E-state index in [0.29, 0.717) is 10.8 Å². The van der Waals surface area contributed by atoms with Gasteiger partial charge in [0.1, 0.15) is 0 Å². The minimum Gasteiger partial charge on any atom is -0.368 e. The number of hydrogen-bond donors (Lipinski definition) is 2. The molecule has 1 aromatic heterocycles. The van der Waals surface area contributed by atoms with E-state index < -0.39 is 12.0 Å². The van der Waals surface area contributed by atoms with Crippen LogP contribution in [0.5, 0.6) is 0 Å². The van der Waals surface area contributed by atoms with Crippen molar-refractivity contribution in [3.8, 4) is 5.69 Å². The van der Waals surface area contributed by atoms with Crippen molar-refractivity contribution in [1.82, 2.24) is 14.8 Å². The molecule has 2 N–H and O–H groups in total. The molecule has 0 radical (unpaired) electrons. The van der Waals surface area contributed by atoms with Crippen LogP contribution < -0.4 is 5.73 Å². The highest BCUT2D eigenvalue weighted by Gasteiger charge is 2.37. The maximum atomic E-state index is 12.6. The van der Waals surface area contributed by atoms with E-state index in [1.165, 1.54) is 0 Å². The molecule has 1 saturated carbocycles. The van der Waals surface area contributed by atoms with Crippen molar-refractivity contribution in [2.75, 3.05) is 5.73 Å². The van der Waals surface area contributed by atoms with Crippen LogP contribution in [-0.4, -0.2) is 14.8 Å². The predicted molar refractivity (Wildman–Crippen MR) is 75.0 cm³/mol. The number of nitrogens with zero attached hydrogens (tertiary/aromatic N) is 3. The van der Waals surface area contributed by atoms with Gasteiger partial charge < -0.3 is 5.73 Å². The zero-order chi connectivity index (χ0) is 15.4. The van der Waals surface area contributed by atoms with Gasteiger partial charge in [0.15, 0.2) is 0 Å². The molecule has 4 nitrogen and oxygen atoms in total. The fraction of sp³-hybridized carbons (Fsp3) is 0.333. The summed E-state index contributed by atoms with van der Waals surface area (Å²) in [4.78, 5) is 3.87. The van der Waals surface area contributed by atoms with E-state index in [1.807, 2.05) is 0 Å². The predicted octanol–water partition coefficient (Wildman–Crippen LogP) is 3.69. The van der Waals surface area contributed by atoms with Gasteiger partial charge in [-0.1, -0.05) is 11.6 Å². The Kier molecular flexibility index (Phi) is 3.32. The molecule has 1 heterocycles. The molecule has 21 heavy (non-hydrogen) atoms. The number of benzene rings is 1. The molecule has 2 aromatic rings. The number of nitrogens with two attached hydrogens (primary N) is 1. The quantitative estimate of drug-likeness (QED) is 0.824. The van der Waals surface area contributed by atoms with Gasteiger partial charge >= 0.3 is 6.18 Å². The minimum atomic E-state index is -4.66. The fourth-order valence-electron chi connectivity index (χ4n) is 2.07. The van der Waals surface area contributed by atoms with Crippen LogP contribution in [0.1, 0.15) is 30.1 Å². The van der Waals surface area contributed by atoms with E-state index >= 15 is 0 Å². The van der Waals surface area contributed by atoms with Gasteiger partial charge in [0.25, 0.3) is 5.82 Å². The molecule has 1 aliphatic carbocycles. The lowest BCUT2D eigenvalue weighted by Gasteiger charge is -2.10. The monoisotopic (exact) mass is 334 g/mol. The third-order valence-corrected chi connectivity index (χ3v) is 3.92. The molecule has 0 spiro atoms. The van der Waals surface area contributed by atoms with E-state index in [0.717, 1.165) is 23.1 Å². The van der Waals surface area contributed by atoms with Crippen molar-refractivity contribution in [3.05, 3.63) is 28.5 Å². The highest BCUT2D eigenvalue weighted by atomic mass is 35.5. The number of halogens is 4. The maximum Gasteiger partial charge on any atom is 0.453 e. The molecule has 9 heteroatoms. The molecular formula is C12H10ClF3N4S. The van der Waals surface area contributed by atoms with Crippen molar-refractivity contribution in [2.24, 2.45) is 0 Å². The van der Waals surface area contributed by atoms with E-state index in [1.54, 1.807) is 12.1 Å². The first-order chi connectivity index (χ1) is 9.77. The fourth-order valence-corrected chi connectivity index (χ4v) is 2.69. The van der Waals surface area contributed by atoms with Crippen molar-refractivity contribution in [2.45, 2.75) is 29.8 Å². The first-order valence-corrected chi connectivity index (χ1v) is 6.92. The van der Waals surface area contributed by atoms with Crippen LogP contribution in [0.2, 0.25) is 5.02 Å². The highest BCUT2D eigenvalue weighted by molar-refractivity contribution is 7.80. The second-order valence-corrected chi connectivity index (χ2v) is 5.73. The Labute approximate surface area is 128 Å². The van der Waals surface area contributed by atoms with Gasteiger partial charge in [0, 0.05) is 4.90 Å². The molecule has 0 saturated heterocycles. The summed E-state index contributed by atoms with van der Waals surface area (Å²) < 4.78 is 38.7. The van der Waals surface area contributed by atoms with Crippen LogP contribution >= 0.6 is 24.2 Å². The third-order valence-electron chi connectivity index (χ3n) is 3.23. The first-order valence-electron chi connectivity index (χ1n) is 6.10. The number of nitrogen functional groups attached to an aromatic ring is 1. The van der Waals surface area contributed by atoms with Gasteiger partial charge in [-0.3, -0.25) is 0 Å². The number of aromatic nitrogens is 3. The lowest BCUT2D eigenvalue weighted by atomic mass is 10.1. The number of anilines is 1. The highest BCUT2D eigenvalue weighted by Crippen LogP contribution is 2.44. The zero-order valence-electron chi connectivity index (χ0n) is 10.5. The average molecular weight is 335 g/mol. The van der Waals surface area contributed by atoms with Crippen LogP contribution in [0, 0.1) is 0 Å². The Morgan fingerprint density at radius 2 is 2.00 bits per heavy atom. The van der Waals surface area contributed by atoms with Gasteiger partial charge in [-0.05, 0) is 36.5 Å². The molecule has 3 rings (SSSR count). The summed E-state index contributed by atoms with van der Waals surface area (Å²) in [6.45, 7) is 0. The Bertz CT molecular complexity index is 709. The maximum absolute atomic E-state index is 12.6. The summed E-state index contributed by atoms with van der Waals surface area (Å²) in [6, 6.07) is 3.26. The molecule has 1 fully saturated rings. The Balaban J connectivity index is 2.08. The number of hydrogen-bond acceptors (Lipinski definition) is 4. The van der Waals surface area contributed by atoms with Crippen LogP contribution in [0.15, 0.2) is 17.0 Å². The van der Waals surface area contributed by atoms with Crippen LogP contribution in [0.4, 0.5) is 19.1 Å². The standard InChI is InChI=1S/C12H10ClF3N4S/c13-7-3-6(5-1-2-5)9(21)4-8(7)20-11(17)18-10(19-20)12(14,15)16/h3-5,21H,1-2H2,(H2,17,18,19). The van der Waals surface area contributed by atoms with Gasteiger partial charge in [0.05, 0.1) is 10.7 Å². The molecule has 0 aliphatic heterocycles. The molecule has 0 unspecified atom stereocenters. The Morgan fingerprint density at radius 3 is 2.52 bits per heavy atom. The number of alkyl halides is 3. The van der Waals surface area contributed by atoms with Gasteiger partial charge in [-0.25, -0.2) is 0 Å². The lowest BCUT2D eigenvalue weighted by Crippen LogP contribution is -2.09. The second-order valence-electron chi connectivity index (χ2n) is 4.84. The second kappa shape index (κ2) is 4.81. The summed E-state index contributed by atoms with van der Waals surface area (Å²) in [5, 5.41) is 3.64. The average Bonchev–Trinajstić information content (AvgIpc) is 3.13. The van der Waals surface area contributed by atoms with Crippen molar-refractivity contribution in [3.63, 3.8) is 0 Å². The summed E-state index contributed by atoms with van der Waals surface area (Å²) >= 11 is 10.5. The molecule has 1 aliphatic rings. The van der Waals surface area contributed by atoms with E-state index in [4.69, 9.17) is 17.3 Å². The van der Waals surface area contributed by atoms with Gasteiger partial charge in [-0.15, -0.1) is 17.7 Å². The van der Waals surface area contributed by atoms with Gasteiger partial charge in [0.2, 0.25) is 5.95 Å². The zero-order valence-corrected chi connectivity index (χ0v) is 12.2. The third kappa shape index (κ3) is 2.69. The topological polar surface area (TPSA) is 56.7 Å². The summed E-state index contributed by atoms with van der Waals surface area (Å²) in [7, 11) is 0. The molecule has 0 amide bonds. The Hall–Kier alpha value is -1.41. The minimum absolute atomic E-state index is 0.228. The van der Waals surface area contributed by atoms with Crippen LogP contribution in [0.3, 0.4) is 0 Å². The van der Waals surface area contributed by atoms with Gasteiger partial charge in [-0.2, -0.15) is 22.8 Å². The van der Waals surface area contributed by atoms with Crippen molar-refractivity contribution < 1.29 is 13.2 Å². The largest absolute Gasteiger partial charge is 0.453 e.